The number of nitrogens with one attached hydrogen (secondary N) is 2. The molecule has 1 saturated heterocycles. The van der Waals surface area contributed by atoms with E-state index in [1.54, 1.807) is 18.2 Å². The number of amides is 1. The molecule has 1 aliphatic heterocycles. The summed E-state index contributed by atoms with van der Waals surface area (Å²) >= 11 is 6.35. The van der Waals surface area contributed by atoms with Crippen molar-refractivity contribution in [3.05, 3.63) is 64.8 Å². The van der Waals surface area contributed by atoms with E-state index >= 15 is 0 Å². The van der Waals surface area contributed by atoms with Gasteiger partial charge in [-0.25, -0.2) is 9.67 Å². The molecule has 0 saturated carbocycles. The molecule has 8 nitrogen and oxygen atoms in total. The van der Waals surface area contributed by atoms with Crippen LogP contribution in [0.1, 0.15) is 27.7 Å². The van der Waals surface area contributed by atoms with Gasteiger partial charge in [-0.15, -0.1) is 12.4 Å². The van der Waals surface area contributed by atoms with Crippen molar-refractivity contribution in [1.82, 2.24) is 25.1 Å². The molecule has 1 unspecified atom stereocenters. The first-order valence-electron chi connectivity index (χ1n) is 9.18. The van der Waals surface area contributed by atoms with Crippen LogP contribution >= 0.6 is 24.0 Å². The topological polar surface area (TPSA) is 94.0 Å². The summed E-state index contributed by atoms with van der Waals surface area (Å²) in [5.41, 5.74) is 0.231. The fraction of sp³-hybridized carbons (Fsp3) is 0.263. The lowest BCUT2D eigenvalue weighted by atomic mass is 10.1. The highest BCUT2D eigenvalue weighted by atomic mass is 35.5. The summed E-state index contributed by atoms with van der Waals surface area (Å²) in [6.07, 6.45) is -0.600. The van der Waals surface area contributed by atoms with Gasteiger partial charge in [-0.3, -0.25) is 9.78 Å². The van der Waals surface area contributed by atoms with E-state index in [1.807, 2.05) is 0 Å². The van der Waals surface area contributed by atoms with E-state index in [-0.39, 0.29) is 29.9 Å². The number of rotatable bonds is 4. The standard InChI is InChI=1S/C19H16ClF3N6O2.ClH/c20-14-5-12(1-2-13(14)15-7-24-3-4-31-15)27-18(30)11-6-26-29(10-11)17-9-25-8-16(28-17)19(21,22)23;/h1-2,5-6,8-10,15,24H,3-4,7H2,(H,27,30);1H. The number of hydrogen-bond acceptors (Lipinski definition) is 6. The minimum Gasteiger partial charge on any atom is -0.371 e. The SMILES string of the molecule is Cl.O=C(Nc1ccc(C2CNCCO2)c(Cl)c1)c1cnn(-c2cncc(C(F)(F)F)n2)c1. The van der Waals surface area contributed by atoms with E-state index in [0.717, 1.165) is 23.0 Å². The second-order valence-corrected chi connectivity index (χ2v) is 7.10. The largest absolute Gasteiger partial charge is 0.434 e. The van der Waals surface area contributed by atoms with Crippen LogP contribution in [-0.4, -0.2) is 45.4 Å². The zero-order valence-electron chi connectivity index (χ0n) is 16.3. The molecule has 3 heterocycles. The van der Waals surface area contributed by atoms with Gasteiger partial charge in [0.05, 0.1) is 36.9 Å². The van der Waals surface area contributed by atoms with Crippen LogP contribution in [0.2, 0.25) is 5.02 Å². The Morgan fingerprint density at radius 2 is 2.09 bits per heavy atom. The fourth-order valence-electron chi connectivity index (χ4n) is 3.00. The van der Waals surface area contributed by atoms with Crippen LogP contribution < -0.4 is 10.6 Å². The number of carbonyl (C=O) groups excluding carboxylic acids is 1. The highest BCUT2D eigenvalue weighted by Crippen LogP contribution is 2.29. The summed E-state index contributed by atoms with van der Waals surface area (Å²) in [5.74, 6) is -0.673. The number of halogens is 5. The molecule has 0 spiro atoms. The van der Waals surface area contributed by atoms with Crippen molar-refractivity contribution in [2.75, 3.05) is 25.0 Å². The predicted molar refractivity (Wildman–Crippen MR) is 112 cm³/mol. The van der Waals surface area contributed by atoms with Crippen LogP contribution in [0.4, 0.5) is 18.9 Å². The summed E-state index contributed by atoms with van der Waals surface area (Å²) in [7, 11) is 0. The minimum absolute atomic E-state index is 0. The molecular weight excluding hydrogens is 472 g/mol. The molecule has 170 valence electrons. The third-order valence-electron chi connectivity index (χ3n) is 4.52. The maximum atomic E-state index is 12.8. The van der Waals surface area contributed by atoms with E-state index in [4.69, 9.17) is 16.3 Å². The van der Waals surface area contributed by atoms with Crippen LogP contribution in [0.5, 0.6) is 0 Å². The van der Waals surface area contributed by atoms with Gasteiger partial charge in [-0.2, -0.15) is 18.3 Å². The molecule has 2 aromatic heterocycles. The molecule has 3 aromatic rings. The van der Waals surface area contributed by atoms with E-state index in [0.29, 0.717) is 30.1 Å². The Morgan fingerprint density at radius 1 is 1.28 bits per heavy atom. The van der Waals surface area contributed by atoms with E-state index < -0.39 is 17.8 Å². The quantitative estimate of drug-likeness (QED) is 0.581. The molecule has 1 atom stereocenters. The summed E-state index contributed by atoms with van der Waals surface area (Å²) in [5, 5.41) is 10.2. The van der Waals surface area contributed by atoms with Crippen molar-refractivity contribution in [2.24, 2.45) is 0 Å². The average Bonchev–Trinajstić information content (AvgIpc) is 3.25. The number of nitrogens with zero attached hydrogens (tertiary/aromatic N) is 4. The second-order valence-electron chi connectivity index (χ2n) is 6.69. The third kappa shape index (κ3) is 5.36. The van der Waals surface area contributed by atoms with Crippen molar-refractivity contribution in [3.8, 4) is 5.82 Å². The van der Waals surface area contributed by atoms with Crippen LogP contribution in [0.15, 0.2) is 43.0 Å². The molecule has 1 aromatic carbocycles. The molecule has 13 heteroatoms. The highest BCUT2D eigenvalue weighted by molar-refractivity contribution is 6.31. The van der Waals surface area contributed by atoms with Gasteiger partial charge in [0, 0.05) is 35.6 Å². The van der Waals surface area contributed by atoms with Crippen LogP contribution in [0.25, 0.3) is 5.82 Å². The second kappa shape index (κ2) is 9.82. The number of anilines is 1. The summed E-state index contributed by atoms with van der Waals surface area (Å²) < 4.78 is 45.2. The Labute approximate surface area is 191 Å². The Morgan fingerprint density at radius 3 is 2.78 bits per heavy atom. The number of ether oxygens (including phenoxy) is 1. The molecule has 0 bridgehead atoms. The molecule has 1 aliphatic rings. The lowest BCUT2D eigenvalue weighted by molar-refractivity contribution is -0.141. The molecule has 32 heavy (non-hydrogen) atoms. The van der Waals surface area contributed by atoms with E-state index in [9.17, 15) is 18.0 Å². The molecule has 4 rings (SSSR count). The average molecular weight is 489 g/mol. The Balaban J connectivity index is 0.00000289. The van der Waals surface area contributed by atoms with Gasteiger partial charge in [-0.05, 0) is 12.1 Å². The van der Waals surface area contributed by atoms with Gasteiger partial charge in [0.15, 0.2) is 11.5 Å². The molecule has 0 radical (unpaired) electrons. The monoisotopic (exact) mass is 488 g/mol. The lowest BCUT2D eigenvalue weighted by Crippen LogP contribution is -2.33. The number of hydrogen-bond donors (Lipinski definition) is 2. The lowest BCUT2D eigenvalue weighted by Gasteiger charge is -2.25. The summed E-state index contributed by atoms with van der Waals surface area (Å²) in [6.45, 7) is 2.00. The normalized spacial score (nSPS) is 16.3. The molecule has 2 N–H and O–H groups in total. The number of aromatic nitrogens is 4. The molecule has 0 aliphatic carbocycles. The molecule has 1 amide bonds. The third-order valence-corrected chi connectivity index (χ3v) is 4.85. The number of benzene rings is 1. The summed E-state index contributed by atoms with van der Waals surface area (Å²) in [4.78, 5) is 19.5. The van der Waals surface area contributed by atoms with Crippen molar-refractivity contribution in [3.63, 3.8) is 0 Å². The van der Waals surface area contributed by atoms with Crippen molar-refractivity contribution >= 4 is 35.6 Å². The van der Waals surface area contributed by atoms with Crippen molar-refractivity contribution in [1.29, 1.82) is 0 Å². The highest BCUT2D eigenvalue weighted by Gasteiger charge is 2.33. The Hall–Kier alpha value is -2.73. The zero-order chi connectivity index (χ0) is 22.0. The first-order valence-corrected chi connectivity index (χ1v) is 9.56. The first kappa shape index (κ1) is 23.9. The van der Waals surface area contributed by atoms with Crippen LogP contribution in [0, 0.1) is 0 Å². The van der Waals surface area contributed by atoms with Gasteiger partial charge >= 0.3 is 6.18 Å². The molecule has 1 fully saturated rings. The number of morpholine rings is 1. The van der Waals surface area contributed by atoms with Gasteiger partial charge < -0.3 is 15.4 Å². The first-order chi connectivity index (χ1) is 14.8. The zero-order valence-corrected chi connectivity index (χ0v) is 17.8. The number of alkyl halides is 3. The number of carbonyl (C=O) groups is 1. The predicted octanol–water partition coefficient (Wildman–Crippen LogP) is 3.67. The summed E-state index contributed by atoms with van der Waals surface area (Å²) in [6, 6.07) is 5.08. The van der Waals surface area contributed by atoms with E-state index in [1.165, 1.54) is 12.4 Å². The maximum Gasteiger partial charge on any atom is 0.434 e. The van der Waals surface area contributed by atoms with Gasteiger partial charge in [-0.1, -0.05) is 17.7 Å². The van der Waals surface area contributed by atoms with Gasteiger partial charge in [0.25, 0.3) is 5.91 Å². The maximum absolute atomic E-state index is 12.8. The minimum atomic E-state index is -4.64. The smallest absolute Gasteiger partial charge is 0.371 e. The van der Waals surface area contributed by atoms with Crippen LogP contribution in [-0.2, 0) is 10.9 Å². The Kier molecular flexibility index (Phi) is 7.34. The molecular formula is C19H17Cl2F3N6O2. The Bertz CT molecular complexity index is 1100. The van der Waals surface area contributed by atoms with Crippen LogP contribution in [0.3, 0.4) is 0 Å². The van der Waals surface area contributed by atoms with E-state index in [2.05, 4.69) is 25.7 Å². The van der Waals surface area contributed by atoms with Gasteiger partial charge in [0.1, 0.15) is 0 Å². The van der Waals surface area contributed by atoms with Crippen molar-refractivity contribution < 1.29 is 22.7 Å². The van der Waals surface area contributed by atoms with Gasteiger partial charge in [0.2, 0.25) is 0 Å². The van der Waals surface area contributed by atoms with Crippen molar-refractivity contribution in [2.45, 2.75) is 12.3 Å². The fourth-order valence-corrected chi connectivity index (χ4v) is 3.30.